The molecule has 1 aromatic heterocycles. The monoisotopic (exact) mass is 455 g/mol. The van der Waals surface area contributed by atoms with Crippen molar-refractivity contribution in [3.63, 3.8) is 0 Å². The maximum absolute atomic E-state index is 5.84. The minimum absolute atomic E-state index is 0.824. The fourth-order valence-corrected chi connectivity index (χ4v) is 6.30. The Bertz CT molecular complexity index is 596. The highest BCUT2D eigenvalue weighted by molar-refractivity contribution is 5.19. The fourth-order valence-electron chi connectivity index (χ4n) is 6.30. The molecular formula is C31H53NO. The van der Waals surface area contributed by atoms with Gasteiger partial charge >= 0.3 is 0 Å². The van der Waals surface area contributed by atoms with Gasteiger partial charge in [-0.05, 0) is 55.1 Å². The molecule has 33 heavy (non-hydrogen) atoms. The predicted octanol–water partition coefficient (Wildman–Crippen LogP) is 9.56. The number of hydrogen-bond donors (Lipinski definition) is 0. The van der Waals surface area contributed by atoms with Gasteiger partial charge in [-0.1, -0.05) is 117 Å². The second-order valence-corrected chi connectivity index (χ2v) is 11.4. The molecule has 0 amide bonds. The first kappa shape index (κ1) is 26.6. The smallest absolute Gasteiger partial charge is 0.137 e. The van der Waals surface area contributed by atoms with E-state index >= 15 is 0 Å². The van der Waals surface area contributed by atoms with Gasteiger partial charge in [0.25, 0.3) is 0 Å². The molecule has 2 saturated carbocycles. The first-order valence-corrected chi connectivity index (χ1v) is 14.8. The van der Waals surface area contributed by atoms with Gasteiger partial charge in [0.2, 0.25) is 0 Å². The number of aromatic nitrogens is 1. The van der Waals surface area contributed by atoms with Crippen LogP contribution in [0.1, 0.15) is 135 Å². The van der Waals surface area contributed by atoms with E-state index in [1.165, 1.54) is 115 Å². The van der Waals surface area contributed by atoms with Gasteiger partial charge in [0.05, 0.1) is 12.8 Å². The van der Waals surface area contributed by atoms with E-state index in [0.717, 1.165) is 48.9 Å². The molecule has 188 valence electrons. The molecule has 2 aliphatic carbocycles. The molecule has 0 unspecified atom stereocenters. The van der Waals surface area contributed by atoms with Crippen LogP contribution >= 0.6 is 0 Å². The second kappa shape index (κ2) is 15.8. The molecule has 1 aromatic rings. The molecule has 0 saturated heterocycles. The van der Waals surface area contributed by atoms with Crippen LogP contribution in [0.4, 0.5) is 0 Å². The number of unbranched alkanes of at least 4 members (excludes halogenated alkanes) is 4. The zero-order chi connectivity index (χ0) is 23.1. The summed E-state index contributed by atoms with van der Waals surface area (Å²) in [4.78, 5) is 4.67. The quantitative estimate of drug-likeness (QED) is 0.246. The van der Waals surface area contributed by atoms with Gasteiger partial charge in [-0.25, -0.2) is 0 Å². The third kappa shape index (κ3) is 10.4. The summed E-state index contributed by atoms with van der Waals surface area (Å²) in [5.41, 5.74) is 1.24. The van der Waals surface area contributed by atoms with E-state index in [-0.39, 0.29) is 0 Å². The second-order valence-electron chi connectivity index (χ2n) is 11.4. The number of pyridine rings is 1. The van der Waals surface area contributed by atoms with Crippen molar-refractivity contribution in [1.82, 2.24) is 4.98 Å². The molecule has 0 radical (unpaired) electrons. The zero-order valence-electron chi connectivity index (χ0n) is 22.0. The summed E-state index contributed by atoms with van der Waals surface area (Å²) in [6.07, 6.45) is 28.7. The maximum Gasteiger partial charge on any atom is 0.137 e. The highest BCUT2D eigenvalue weighted by atomic mass is 16.5. The van der Waals surface area contributed by atoms with Crippen LogP contribution in [0, 0.1) is 23.7 Å². The average Bonchev–Trinajstić information content (AvgIpc) is 2.87. The van der Waals surface area contributed by atoms with Gasteiger partial charge in [-0.3, -0.25) is 4.98 Å². The first-order valence-electron chi connectivity index (χ1n) is 14.8. The number of hydrogen-bond acceptors (Lipinski definition) is 2. The number of aryl methyl sites for hydroxylation is 1. The van der Waals surface area contributed by atoms with Crippen LogP contribution in [-0.4, -0.2) is 11.6 Å². The lowest BCUT2D eigenvalue weighted by molar-refractivity contribution is 0.208. The van der Waals surface area contributed by atoms with Crippen molar-refractivity contribution < 1.29 is 4.74 Å². The Labute approximate surface area is 205 Å². The Balaban J connectivity index is 1.23. The minimum Gasteiger partial charge on any atom is -0.492 e. The Morgan fingerprint density at radius 3 is 1.79 bits per heavy atom. The van der Waals surface area contributed by atoms with Crippen LogP contribution in [-0.2, 0) is 6.42 Å². The number of rotatable bonds is 15. The summed E-state index contributed by atoms with van der Waals surface area (Å²) in [7, 11) is 0. The first-order chi connectivity index (χ1) is 16.3. The lowest BCUT2D eigenvalue weighted by Gasteiger charge is -2.32. The van der Waals surface area contributed by atoms with Crippen molar-refractivity contribution in [1.29, 1.82) is 0 Å². The minimum atomic E-state index is 0.824. The van der Waals surface area contributed by atoms with Crippen LogP contribution in [0.3, 0.4) is 0 Å². The summed E-state index contributed by atoms with van der Waals surface area (Å²) < 4.78 is 5.84. The van der Waals surface area contributed by atoms with Crippen molar-refractivity contribution in [3.8, 4) is 5.75 Å². The maximum atomic E-state index is 5.84. The molecule has 2 nitrogen and oxygen atoms in total. The van der Waals surface area contributed by atoms with E-state index in [0.29, 0.717) is 0 Å². The molecule has 0 aliphatic heterocycles. The van der Waals surface area contributed by atoms with Crippen molar-refractivity contribution in [3.05, 3.63) is 24.0 Å². The Kier molecular flexibility index (Phi) is 12.7. The van der Waals surface area contributed by atoms with Gasteiger partial charge in [0, 0.05) is 5.69 Å². The van der Waals surface area contributed by atoms with E-state index in [4.69, 9.17) is 4.74 Å². The molecule has 2 fully saturated rings. The molecule has 2 heteroatoms. The Morgan fingerprint density at radius 1 is 0.667 bits per heavy atom. The van der Waals surface area contributed by atoms with Gasteiger partial charge in [-0.15, -0.1) is 0 Å². The van der Waals surface area contributed by atoms with E-state index in [9.17, 15) is 0 Å². The molecule has 1 heterocycles. The molecule has 0 spiro atoms. The zero-order valence-corrected chi connectivity index (χ0v) is 22.0. The van der Waals surface area contributed by atoms with Gasteiger partial charge in [0.15, 0.2) is 0 Å². The fraction of sp³-hybridized carbons (Fsp3) is 0.839. The Morgan fingerprint density at radius 2 is 1.24 bits per heavy atom. The van der Waals surface area contributed by atoms with E-state index in [1.807, 2.05) is 6.20 Å². The number of ether oxygens (including phenoxy) is 1. The molecule has 2 aliphatic rings. The van der Waals surface area contributed by atoms with Gasteiger partial charge in [-0.2, -0.15) is 0 Å². The molecule has 0 N–H and O–H groups in total. The molecule has 3 rings (SSSR count). The Hall–Kier alpha value is -1.05. The highest BCUT2D eigenvalue weighted by Gasteiger charge is 2.24. The standard InChI is InChI=1S/C31H53NO/c1-3-5-7-8-24-33-31-23-22-30(32-25-31)21-20-29-18-16-28(17-19-29)15-14-27-12-10-26(11-13-27)9-6-4-2/h22-23,25-29H,3-21,24H2,1-2H3/t26-,27-,28-,29-. The predicted molar refractivity (Wildman–Crippen MR) is 142 cm³/mol. The van der Waals surface area contributed by atoms with Crippen molar-refractivity contribution in [2.24, 2.45) is 23.7 Å². The summed E-state index contributed by atoms with van der Waals surface area (Å²) in [5, 5.41) is 0. The third-order valence-electron chi connectivity index (χ3n) is 8.75. The normalized spacial score (nSPS) is 25.8. The van der Waals surface area contributed by atoms with Crippen LogP contribution < -0.4 is 4.74 Å². The lowest BCUT2D eigenvalue weighted by Crippen LogP contribution is -2.18. The van der Waals surface area contributed by atoms with Gasteiger partial charge < -0.3 is 4.74 Å². The van der Waals surface area contributed by atoms with Gasteiger partial charge in [0.1, 0.15) is 5.75 Å². The summed E-state index contributed by atoms with van der Waals surface area (Å²) in [5.74, 6) is 4.99. The van der Waals surface area contributed by atoms with E-state index < -0.39 is 0 Å². The van der Waals surface area contributed by atoms with Crippen LogP contribution in [0.15, 0.2) is 18.3 Å². The largest absolute Gasteiger partial charge is 0.492 e. The number of nitrogens with zero attached hydrogens (tertiary/aromatic N) is 1. The summed E-state index contributed by atoms with van der Waals surface area (Å²) in [6.45, 7) is 5.40. The summed E-state index contributed by atoms with van der Waals surface area (Å²) in [6, 6.07) is 4.31. The summed E-state index contributed by atoms with van der Waals surface area (Å²) >= 11 is 0. The van der Waals surface area contributed by atoms with Crippen LogP contribution in [0.5, 0.6) is 5.75 Å². The third-order valence-corrected chi connectivity index (χ3v) is 8.75. The van der Waals surface area contributed by atoms with Crippen LogP contribution in [0.25, 0.3) is 0 Å². The molecule has 0 bridgehead atoms. The van der Waals surface area contributed by atoms with Crippen molar-refractivity contribution >= 4 is 0 Å². The van der Waals surface area contributed by atoms with Crippen molar-refractivity contribution in [2.75, 3.05) is 6.61 Å². The molecular weight excluding hydrogens is 402 g/mol. The SMILES string of the molecule is CCCCCCOc1ccc(CC[C@H]2CC[C@H](CC[C@H]3CC[C@H](CCCC)CC3)CC2)nc1. The van der Waals surface area contributed by atoms with Crippen LogP contribution in [0.2, 0.25) is 0 Å². The topological polar surface area (TPSA) is 22.1 Å². The highest BCUT2D eigenvalue weighted by Crippen LogP contribution is 2.38. The molecule has 0 aromatic carbocycles. The lowest BCUT2D eigenvalue weighted by atomic mass is 9.74. The van der Waals surface area contributed by atoms with E-state index in [1.54, 1.807) is 0 Å². The average molecular weight is 456 g/mol. The van der Waals surface area contributed by atoms with E-state index in [2.05, 4.69) is 31.0 Å². The van der Waals surface area contributed by atoms with Crippen molar-refractivity contribution in [2.45, 2.75) is 136 Å². The molecule has 0 atom stereocenters.